The van der Waals surface area contributed by atoms with Crippen molar-refractivity contribution in [2.24, 2.45) is 0 Å². The van der Waals surface area contributed by atoms with E-state index in [9.17, 15) is 9.90 Å². The van der Waals surface area contributed by atoms with Crippen LogP contribution in [-0.2, 0) is 24.4 Å². The molecule has 1 atom stereocenters. The predicted octanol–water partition coefficient (Wildman–Crippen LogP) is 2.36. The number of benzene rings is 1. The largest absolute Gasteiger partial charge is 0.480 e. The summed E-state index contributed by atoms with van der Waals surface area (Å²) in [5, 5.41) is 18.4. The van der Waals surface area contributed by atoms with E-state index < -0.39 is 12.0 Å². The summed E-state index contributed by atoms with van der Waals surface area (Å²) in [5.41, 5.74) is 1.42. The second-order valence-corrected chi connectivity index (χ2v) is 6.62. The molecule has 9 heteroatoms. The number of fused-ring (bicyclic) bond motifs is 1. The number of aromatic nitrogens is 4. The Morgan fingerprint density at radius 2 is 2.27 bits per heavy atom. The molecule has 1 aliphatic heterocycles. The minimum Gasteiger partial charge on any atom is -0.480 e. The number of oxazole rings is 1. The maximum absolute atomic E-state index is 11.7. The SMILES string of the molecule is Cc1nnc2n1CC(C(=O)O)N(Cc1coc(-c3cccc(Cl)c3)n1)C2. The quantitative estimate of drug-likeness (QED) is 0.749. The fourth-order valence-corrected chi connectivity index (χ4v) is 3.29. The lowest BCUT2D eigenvalue weighted by atomic mass is 10.1. The zero-order valence-corrected chi connectivity index (χ0v) is 14.7. The van der Waals surface area contributed by atoms with Gasteiger partial charge in [-0.3, -0.25) is 9.69 Å². The first kappa shape index (κ1) is 16.7. The van der Waals surface area contributed by atoms with E-state index in [1.165, 1.54) is 0 Å². The van der Waals surface area contributed by atoms with Crippen molar-refractivity contribution in [3.8, 4) is 11.5 Å². The van der Waals surface area contributed by atoms with Crippen molar-refractivity contribution in [1.29, 1.82) is 0 Å². The Labute approximate surface area is 154 Å². The first-order chi connectivity index (χ1) is 12.5. The van der Waals surface area contributed by atoms with Gasteiger partial charge in [0.15, 0.2) is 0 Å². The Morgan fingerprint density at radius 1 is 1.42 bits per heavy atom. The second-order valence-electron chi connectivity index (χ2n) is 6.19. The summed E-state index contributed by atoms with van der Waals surface area (Å²) < 4.78 is 7.38. The van der Waals surface area contributed by atoms with E-state index in [0.717, 1.165) is 17.2 Å². The van der Waals surface area contributed by atoms with Gasteiger partial charge in [0.05, 0.1) is 18.8 Å². The molecule has 4 rings (SSSR count). The summed E-state index contributed by atoms with van der Waals surface area (Å²) in [5.74, 6) is 1.03. The van der Waals surface area contributed by atoms with Crippen LogP contribution in [0.3, 0.4) is 0 Å². The molecule has 1 aromatic carbocycles. The maximum atomic E-state index is 11.7. The second kappa shape index (κ2) is 6.54. The fourth-order valence-electron chi connectivity index (χ4n) is 3.10. The standard InChI is InChI=1S/C17H16ClN5O3/c1-10-20-21-15-8-22(14(17(24)25)7-23(10)15)6-13-9-26-16(19-13)11-3-2-4-12(18)5-11/h2-5,9,14H,6-8H2,1H3,(H,24,25). The number of halogens is 1. The van der Waals surface area contributed by atoms with E-state index in [-0.39, 0.29) is 0 Å². The smallest absolute Gasteiger partial charge is 0.322 e. The minimum atomic E-state index is -0.887. The van der Waals surface area contributed by atoms with Crippen LogP contribution in [0.2, 0.25) is 5.02 Å². The number of hydrogen-bond donors (Lipinski definition) is 1. The van der Waals surface area contributed by atoms with Crippen LogP contribution in [0, 0.1) is 6.92 Å². The normalized spacial score (nSPS) is 17.2. The van der Waals surface area contributed by atoms with Gasteiger partial charge >= 0.3 is 5.97 Å². The lowest BCUT2D eigenvalue weighted by Crippen LogP contribution is -2.47. The summed E-state index contributed by atoms with van der Waals surface area (Å²) >= 11 is 6.00. The monoisotopic (exact) mass is 373 g/mol. The molecule has 0 aliphatic carbocycles. The van der Waals surface area contributed by atoms with E-state index in [2.05, 4.69) is 15.2 Å². The molecule has 0 saturated carbocycles. The van der Waals surface area contributed by atoms with E-state index in [1.807, 2.05) is 28.5 Å². The highest BCUT2D eigenvalue weighted by molar-refractivity contribution is 6.30. The van der Waals surface area contributed by atoms with Crippen molar-refractivity contribution < 1.29 is 14.3 Å². The maximum Gasteiger partial charge on any atom is 0.322 e. The summed E-state index contributed by atoms with van der Waals surface area (Å²) in [6.07, 6.45) is 1.54. The van der Waals surface area contributed by atoms with Gasteiger partial charge in [-0.05, 0) is 25.1 Å². The highest BCUT2D eigenvalue weighted by Crippen LogP contribution is 2.24. The molecule has 2 aromatic heterocycles. The molecule has 0 amide bonds. The molecular formula is C17H16ClN5O3. The van der Waals surface area contributed by atoms with Gasteiger partial charge < -0.3 is 14.1 Å². The molecule has 0 bridgehead atoms. The Bertz CT molecular complexity index is 967. The average molecular weight is 374 g/mol. The number of nitrogens with zero attached hydrogens (tertiary/aromatic N) is 5. The van der Waals surface area contributed by atoms with E-state index >= 15 is 0 Å². The lowest BCUT2D eigenvalue weighted by molar-refractivity contribution is -0.145. The molecule has 3 aromatic rings. The van der Waals surface area contributed by atoms with Crippen LogP contribution in [-0.4, -0.2) is 41.8 Å². The Hall–Kier alpha value is -2.71. The van der Waals surface area contributed by atoms with Gasteiger partial charge in [0.25, 0.3) is 0 Å². The molecule has 1 N–H and O–H groups in total. The van der Waals surface area contributed by atoms with Crippen LogP contribution in [0.15, 0.2) is 34.9 Å². The van der Waals surface area contributed by atoms with Crippen molar-refractivity contribution in [3.05, 3.63) is 52.9 Å². The van der Waals surface area contributed by atoms with Gasteiger partial charge in [0, 0.05) is 17.1 Å². The lowest BCUT2D eigenvalue weighted by Gasteiger charge is -2.32. The molecule has 0 spiro atoms. The van der Waals surface area contributed by atoms with E-state index in [1.54, 1.807) is 18.4 Å². The Morgan fingerprint density at radius 3 is 3.04 bits per heavy atom. The van der Waals surface area contributed by atoms with Gasteiger partial charge in [-0.1, -0.05) is 17.7 Å². The number of aliphatic carboxylic acids is 1. The fraction of sp³-hybridized carbons (Fsp3) is 0.294. The van der Waals surface area contributed by atoms with Crippen LogP contribution < -0.4 is 0 Å². The summed E-state index contributed by atoms with van der Waals surface area (Å²) in [6, 6.07) is 6.54. The summed E-state index contributed by atoms with van der Waals surface area (Å²) in [7, 11) is 0. The third-order valence-electron chi connectivity index (χ3n) is 4.43. The zero-order valence-electron chi connectivity index (χ0n) is 14.0. The van der Waals surface area contributed by atoms with Gasteiger partial charge in [0.1, 0.15) is 24.0 Å². The number of hydrogen-bond acceptors (Lipinski definition) is 6. The Kier molecular flexibility index (Phi) is 4.21. The number of carboxylic acids is 1. The first-order valence-corrected chi connectivity index (χ1v) is 8.45. The van der Waals surface area contributed by atoms with E-state index in [4.69, 9.17) is 16.0 Å². The van der Waals surface area contributed by atoms with Crippen LogP contribution in [0.4, 0.5) is 0 Å². The molecule has 0 saturated heterocycles. The number of aryl methyl sites for hydroxylation is 1. The highest BCUT2D eigenvalue weighted by atomic mass is 35.5. The highest BCUT2D eigenvalue weighted by Gasteiger charge is 2.33. The molecule has 1 unspecified atom stereocenters. The van der Waals surface area contributed by atoms with E-state index in [0.29, 0.717) is 36.2 Å². The van der Waals surface area contributed by atoms with Crippen LogP contribution in [0.1, 0.15) is 17.3 Å². The average Bonchev–Trinajstić information content (AvgIpc) is 3.21. The summed E-state index contributed by atoms with van der Waals surface area (Å²) in [6.45, 7) is 2.85. The number of carboxylic acid groups (broad SMARTS) is 1. The van der Waals surface area contributed by atoms with Crippen molar-refractivity contribution in [2.75, 3.05) is 0 Å². The van der Waals surface area contributed by atoms with Crippen LogP contribution >= 0.6 is 11.6 Å². The molecule has 8 nitrogen and oxygen atoms in total. The molecule has 3 heterocycles. The molecular weight excluding hydrogens is 358 g/mol. The number of carbonyl (C=O) groups is 1. The molecule has 0 fully saturated rings. The molecule has 0 radical (unpaired) electrons. The third kappa shape index (κ3) is 3.09. The minimum absolute atomic E-state index is 0.308. The topological polar surface area (TPSA) is 97.3 Å². The summed E-state index contributed by atoms with van der Waals surface area (Å²) in [4.78, 5) is 18.0. The number of rotatable bonds is 4. The van der Waals surface area contributed by atoms with Crippen LogP contribution in [0.5, 0.6) is 0 Å². The molecule has 134 valence electrons. The van der Waals surface area contributed by atoms with Crippen molar-refractivity contribution in [2.45, 2.75) is 32.6 Å². The van der Waals surface area contributed by atoms with Crippen molar-refractivity contribution in [1.82, 2.24) is 24.6 Å². The molecule has 26 heavy (non-hydrogen) atoms. The predicted molar refractivity (Wildman–Crippen MR) is 92.4 cm³/mol. The Balaban J connectivity index is 1.57. The van der Waals surface area contributed by atoms with Gasteiger partial charge in [-0.2, -0.15) is 0 Å². The van der Waals surface area contributed by atoms with Gasteiger partial charge in [-0.25, -0.2) is 4.98 Å². The van der Waals surface area contributed by atoms with Gasteiger partial charge in [-0.15, -0.1) is 10.2 Å². The zero-order chi connectivity index (χ0) is 18.3. The van der Waals surface area contributed by atoms with Gasteiger partial charge in [0.2, 0.25) is 5.89 Å². The first-order valence-electron chi connectivity index (χ1n) is 8.07. The van der Waals surface area contributed by atoms with Crippen molar-refractivity contribution in [3.63, 3.8) is 0 Å². The molecule has 1 aliphatic rings. The third-order valence-corrected chi connectivity index (χ3v) is 4.66. The van der Waals surface area contributed by atoms with Crippen LogP contribution in [0.25, 0.3) is 11.5 Å². The van der Waals surface area contributed by atoms with Crippen molar-refractivity contribution >= 4 is 17.6 Å².